The number of alkyl halides is 3. The van der Waals surface area contributed by atoms with E-state index in [1.807, 2.05) is 30.3 Å². The molecule has 1 aromatic carbocycles. The number of nitrogens with two attached hydrogens (primary N) is 1. The molecule has 0 fully saturated rings. The highest BCUT2D eigenvalue weighted by Crippen LogP contribution is 2.20. The molecule has 0 spiro atoms. The molecule has 7 nitrogen and oxygen atoms in total. The first-order chi connectivity index (χ1) is 12.8. The summed E-state index contributed by atoms with van der Waals surface area (Å²) in [5.41, 5.74) is 7.00. The van der Waals surface area contributed by atoms with Crippen molar-refractivity contribution in [2.45, 2.75) is 6.18 Å². The zero-order valence-electron chi connectivity index (χ0n) is 13.8. The number of nitrogens with zero attached hydrogens (tertiary/aromatic N) is 3. The summed E-state index contributed by atoms with van der Waals surface area (Å²) in [7, 11) is 0. The van der Waals surface area contributed by atoms with Crippen LogP contribution in [-0.4, -0.2) is 33.5 Å². The molecule has 0 bridgehead atoms. The molecular weight excluding hydrogens is 363 g/mol. The van der Waals surface area contributed by atoms with Crippen molar-refractivity contribution < 1.29 is 22.7 Å². The minimum absolute atomic E-state index is 0.114. The minimum Gasteiger partial charge on any atom is -0.468 e. The molecule has 0 aliphatic rings. The number of hydrogen-bond donors (Lipinski definition) is 2. The molecule has 0 saturated heterocycles. The van der Waals surface area contributed by atoms with Crippen LogP contribution in [0.2, 0.25) is 0 Å². The fourth-order valence-electron chi connectivity index (χ4n) is 2.13. The van der Waals surface area contributed by atoms with Crippen LogP contribution in [0.3, 0.4) is 0 Å². The van der Waals surface area contributed by atoms with Crippen molar-refractivity contribution in [2.24, 2.45) is 0 Å². The van der Waals surface area contributed by atoms with E-state index in [0.717, 1.165) is 11.9 Å². The number of amides is 1. The highest BCUT2D eigenvalue weighted by atomic mass is 19.4. The molecule has 0 radical (unpaired) electrons. The number of nitrogens with one attached hydrogen (secondary N) is 1. The van der Waals surface area contributed by atoms with Crippen LogP contribution in [0.5, 0.6) is 5.88 Å². The lowest BCUT2D eigenvalue weighted by molar-refractivity contribution is -0.154. The highest BCUT2D eigenvalue weighted by molar-refractivity contribution is 6.04. The van der Waals surface area contributed by atoms with Gasteiger partial charge in [0.05, 0.1) is 23.1 Å². The third-order valence-corrected chi connectivity index (χ3v) is 3.38. The molecule has 0 saturated carbocycles. The van der Waals surface area contributed by atoms with Crippen molar-refractivity contribution in [2.75, 3.05) is 17.7 Å². The molecule has 0 aliphatic carbocycles. The van der Waals surface area contributed by atoms with E-state index < -0.39 is 18.7 Å². The Morgan fingerprint density at radius 1 is 1.19 bits per heavy atom. The number of carbonyl (C=O) groups is 1. The molecule has 0 atom stereocenters. The second kappa shape index (κ2) is 7.36. The monoisotopic (exact) mass is 377 g/mol. The van der Waals surface area contributed by atoms with Crippen molar-refractivity contribution in [3.63, 3.8) is 0 Å². The largest absolute Gasteiger partial charge is 0.468 e. The van der Waals surface area contributed by atoms with Gasteiger partial charge in [0.15, 0.2) is 12.4 Å². The standard InChI is InChI=1S/C17H14F3N5O2/c18-17(19,20)10-27-14-7-6-11(8-22-14)16(26)23-15-13(21)9-25(24-15)12-4-2-1-3-5-12/h1-9H,10,21H2,(H,23,24,26). The number of para-hydroxylation sites is 1. The van der Waals surface area contributed by atoms with Gasteiger partial charge in [0.2, 0.25) is 5.88 Å². The van der Waals surface area contributed by atoms with Gasteiger partial charge in [-0.15, -0.1) is 5.10 Å². The number of anilines is 2. The Balaban J connectivity index is 1.68. The summed E-state index contributed by atoms with van der Waals surface area (Å²) in [6, 6.07) is 11.6. The van der Waals surface area contributed by atoms with E-state index in [0.29, 0.717) is 0 Å². The number of carbonyl (C=O) groups excluding carboxylic acids is 1. The van der Waals surface area contributed by atoms with Gasteiger partial charge < -0.3 is 15.8 Å². The molecule has 0 unspecified atom stereocenters. The second-order valence-corrected chi connectivity index (χ2v) is 5.46. The molecule has 1 amide bonds. The van der Waals surface area contributed by atoms with Gasteiger partial charge in [-0.05, 0) is 18.2 Å². The number of pyridine rings is 1. The van der Waals surface area contributed by atoms with E-state index in [9.17, 15) is 18.0 Å². The molecule has 140 valence electrons. The van der Waals surface area contributed by atoms with E-state index in [-0.39, 0.29) is 22.9 Å². The summed E-state index contributed by atoms with van der Waals surface area (Å²) >= 11 is 0. The molecule has 3 aromatic rings. The molecule has 2 aromatic heterocycles. The number of halogens is 3. The lowest BCUT2D eigenvalue weighted by atomic mass is 10.2. The number of ether oxygens (including phenoxy) is 1. The first-order valence-electron chi connectivity index (χ1n) is 7.69. The van der Waals surface area contributed by atoms with E-state index in [2.05, 4.69) is 20.1 Å². The van der Waals surface area contributed by atoms with Crippen LogP contribution >= 0.6 is 0 Å². The summed E-state index contributed by atoms with van der Waals surface area (Å²) in [6.45, 7) is -1.46. The highest BCUT2D eigenvalue weighted by Gasteiger charge is 2.28. The van der Waals surface area contributed by atoms with Crippen LogP contribution < -0.4 is 15.8 Å². The minimum atomic E-state index is -4.47. The van der Waals surface area contributed by atoms with Crippen LogP contribution in [-0.2, 0) is 0 Å². The second-order valence-electron chi connectivity index (χ2n) is 5.46. The quantitative estimate of drug-likeness (QED) is 0.713. The van der Waals surface area contributed by atoms with Crippen molar-refractivity contribution in [1.82, 2.24) is 14.8 Å². The first-order valence-corrected chi connectivity index (χ1v) is 7.69. The van der Waals surface area contributed by atoms with Gasteiger partial charge in [0.25, 0.3) is 5.91 Å². The van der Waals surface area contributed by atoms with Gasteiger partial charge in [-0.3, -0.25) is 4.79 Å². The van der Waals surface area contributed by atoms with Crippen molar-refractivity contribution in [3.05, 3.63) is 60.4 Å². The van der Waals surface area contributed by atoms with Crippen LogP contribution in [0.4, 0.5) is 24.7 Å². The normalized spacial score (nSPS) is 11.2. The number of hydrogen-bond acceptors (Lipinski definition) is 5. The predicted octanol–water partition coefficient (Wildman–Crippen LogP) is 3.04. The van der Waals surface area contributed by atoms with E-state index in [1.54, 1.807) is 6.20 Å². The Bertz CT molecular complexity index is 924. The van der Waals surface area contributed by atoms with E-state index >= 15 is 0 Å². The van der Waals surface area contributed by atoms with Crippen molar-refractivity contribution in [1.29, 1.82) is 0 Å². The third-order valence-electron chi connectivity index (χ3n) is 3.38. The van der Waals surface area contributed by atoms with Gasteiger partial charge >= 0.3 is 6.18 Å². The first kappa shape index (κ1) is 18.2. The van der Waals surface area contributed by atoms with Crippen molar-refractivity contribution in [3.8, 4) is 11.6 Å². The lowest BCUT2D eigenvalue weighted by Crippen LogP contribution is -2.20. The summed E-state index contributed by atoms with van der Waals surface area (Å²) in [6.07, 6.45) is -1.81. The molecule has 3 N–H and O–H groups in total. The summed E-state index contributed by atoms with van der Waals surface area (Å²) in [4.78, 5) is 15.9. The van der Waals surface area contributed by atoms with Gasteiger partial charge in [-0.25, -0.2) is 9.67 Å². The number of aromatic nitrogens is 3. The van der Waals surface area contributed by atoms with Crippen LogP contribution in [0.15, 0.2) is 54.9 Å². The topological polar surface area (TPSA) is 95.1 Å². The average molecular weight is 377 g/mol. The fraction of sp³-hybridized carbons (Fsp3) is 0.118. The van der Waals surface area contributed by atoms with Crippen molar-refractivity contribution >= 4 is 17.4 Å². The number of nitrogen functional groups attached to an aromatic ring is 1. The average Bonchev–Trinajstić information content (AvgIpc) is 3.01. The Morgan fingerprint density at radius 2 is 1.93 bits per heavy atom. The Kier molecular flexibility index (Phi) is 4.97. The van der Waals surface area contributed by atoms with Crippen LogP contribution in [0.25, 0.3) is 5.69 Å². The number of benzene rings is 1. The smallest absolute Gasteiger partial charge is 0.422 e. The third kappa shape index (κ3) is 4.75. The molecule has 0 aliphatic heterocycles. The van der Waals surface area contributed by atoms with E-state index in [4.69, 9.17) is 5.73 Å². The Morgan fingerprint density at radius 3 is 2.56 bits per heavy atom. The van der Waals surface area contributed by atoms with Gasteiger partial charge in [0, 0.05) is 12.3 Å². The molecule has 2 heterocycles. The molecular formula is C17H14F3N5O2. The Hall–Kier alpha value is -3.56. The summed E-state index contributed by atoms with van der Waals surface area (Å²) < 4.78 is 42.4. The maximum absolute atomic E-state index is 12.3. The molecule has 3 rings (SSSR count). The zero-order valence-corrected chi connectivity index (χ0v) is 13.8. The summed E-state index contributed by atoms with van der Waals surface area (Å²) in [5.74, 6) is -0.645. The SMILES string of the molecule is Nc1cn(-c2ccccc2)nc1NC(=O)c1ccc(OCC(F)(F)F)nc1. The summed E-state index contributed by atoms with van der Waals surface area (Å²) in [5, 5.41) is 6.74. The van der Waals surface area contributed by atoms with Gasteiger partial charge in [0.1, 0.15) is 0 Å². The fourth-order valence-corrected chi connectivity index (χ4v) is 2.13. The van der Waals surface area contributed by atoms with E-state index in [1.165, 1.54) is 16.8 Å². The maximum Gasteiger partial charge on any atom is 0.422 e. The van der Waals surface area contributed by atoms with Crippen LogP contribution in [0.1, 0.15) is 10.4 Å². The predicted molar refractivity (Wildman–Crippen MR) is 91.7 cm³/mol. The number of rotatable bonds is 5. The van der Waals surface area contributed by atoms with Gasteiger partial charge in [-0.1, -0.05) is 18.2 Å². The maximum atomic E-state index is 12.3. The lowest BCUT2D eigenvalue weighted by Gasteiger charge is -2.08. The zero-order chi connectivity index (χ0) is 19.4. The molecule has 10 heteroatoms. The van der Waals surface area contributed by atoms with Crippen LogP contribution in [0, 0.1) is 0 Å². The Labute approximate surface area is 151 Å². The molecule has 27 heavy (non-hydrogen) atoms. The van der Waals surface area contributed by atoms with Gasteiger partial charge in [-0.2, -0.15) is 13.2 Å².